The van der Waals surface area contributed by atoms with Crippen LogP contribution in [0.1, 0.15) is 24.5 Å². The van der Waals surface area contributed by atoms with E-state index in [2.05, 4.69) is 55.8 Å². The Balaban J connectivity index is 2.25. The van der Waals surface area contributed by atoms with Gasteiger partial charge in [-0.3, -0.25) is 4.90 Å². The molecule has 1 aromatic rings. The summed E-state index contributed by atoms with van der Waals surface area (Å²) >= 11 is 0. The van der Waals surface area contributed by atoms with Crippen LogP contribution in [-0.4, -0.2) is 48.8 Å². The number of anilines is 1. The zero-order valence-electron chi connectivity index (χ0n) is 12.6. The van der Waals surface area contributed by atoms with Gasteiger partial charge < -0.3 is 10.0 Å². The van der Waals surface area contributed by atoms with Gasteiger partial charge in [-0.15, -0.1) is 0 Å². The number of aliphatic hydroxyl groups excluding tert-OH is 1. The summed E-state index contributed by atoms with van der Waals surface area (Å²) in [6.07, 6.45) is 0.852. The maximum absolute atomic E-state index is 9.21. The summed E-state index contributed by atoms with van der Waals surface area (Å²) in [6.45, 7) is 8.99. The van der Waals surface area contributed by atoms with Crippen LogP contribution in [0, 0.1) is 13.8 Å². The van der Waals surface area contributed by atoms with E-state index >= 15 is 0 Å². The van der Waals surface area contributed by atoms with Gasteiger partial charge in [-0.25, -0.2) is 0 Å². The van der Waals surface area contributed by atoms with E-state index < -0.39 is 0 Å². The SMILES string of the molecule is Cc1cccc(N2CC(CCO)N(C)CC2C)c1C. The predicted molar refractivity (Wildman–Crippen MR) is 80.8 cm³/mol. The number of hydrogen-bond donors (Lipinski definition) is 1. The lowest BCUT2D eigenvalue weighted by Crippen LogP contribution is -2.56. The minimum atomic E-state index is 0.268. The monoisotopic (exact) mass is 262 g/mol. The van der Waals surface area contributed by atoms with Crippen LogP contribution in [0.2, 0.25) is 0 Å². The molecule has 0 aromatic heterocycles. The van der Waals surface area contributed by atoms with Gasteiger partial charge in [-0.1, -0.05) is 12.1 Å². The predicted octanol–water partition coefficient (Wildman–Crippen LogP) is 2.19. The maximum atomic E-state index is 9.21. The highest BCUT2D eigenvalue weighted by Crippen LogP contribution is 2.28. The summed E-state index contributed by atoms with van der Waals surface area (Å²) in [5, 5.41) is 9.21. The summed E-state index contributed by atoms with van der Waals surface area (Å²) in [5.41, 5.74) is 4.08. The summed E-state index contributed by atoms with van der Waals surface area (Å²) in [6, 6.07) is 7.50. The van der Waals surface area contributed by atoms with Crippen LogP contribution >= 0.6 is 0 Å². The van der Waals surface area contributed by atoms with Crippen molar-refractivity contribution in [3.63, 3.8) is 0 Å². The molecule has 1 aliphatic heterocycles. The lowest BCUT2D eigenvalue weighted by atomic mass is 10.0. The second kappa shape index (κ2) is 5.93. The van der Waals surface area contributed by atoms with Gasteiger partial charge in [0.25, 0.3) is 0 Å². The van der Waals surface area contributed by atoms with E-state index in [0.29, 0.717) is 12.1 Å². The molecule has 0 aliphatic carbocycles. The largest absolute Gasteiger partial charge is 0.396 e. The second-order valence-electron chi connectivity index (χ2n) is 5.83. The van der Waals surface area contributed by atoms with Gasteiger partial charge >= 0.3 is 0 Å². The van der Waals surface area contributed by atoms with Crippen molar-refractivity contribution in [3.05, 3.63) is 29.3 Å². The first kappa shape index (κ1) is 14.4. The van der Waals surface area contributed by atoms with Crippen LogP contribution < -0.4 is 4.90 Å². The third kappa shape index (κ3) is 2.93. The van der Waals surface area contributed by atoms with E-state index in [0.717, 1.165) is 19.5 Å². The molecule has 2 atom stereocenters. The minimum absolute atomic E-state index is 0.268. The Morgan fingerprint density at radius 3 is 2.68 bits per heavy atom. The van der Waals surface area contributed by atoms with Crippen molar-refractivity contribution in [1.29, 1.82) is 0 Å². The highest BCUT2D eigenvalue weighted by atomic mass is 16.3. The zero-order chi connectivity index (χ0) is 14.0. The van der Waals surface area contributed by atoms with Gasteiger partial charge in [-0.05, 0) is 51.4 Å². The molecule has 3 heteroatoms. The Hall–Kier alpha value is -1.06. The highest BCUT2D eigenvalue weighted by Gasteiger charge is 2.29. The summed E-state index contributed by atoms with van der Waals surface area (Å²) in [7, 11) is 2.16. The molecule has 1 saturated heterocycles. The van der Waals surface area contributed by atoms with Gasteiger partial charge in [-0.2, -0.15) is 0 Å². The molecule has 2 rings (SSSR count). The Kier molecular flexibility index (Phi) is 4.48. The Labute approximate surface area is 116 Å². The normalized spacial score (nSPS) is 24.8. The first-order valence-corrected chi connectivity index (χ1v) is 7.18. The number of hydrogen-bond acceptors (Lipinski definition) is 3. The molecule has 0 spiro atoms. The molecule has 106 valence electrons. The average Bonchev–Trinajstić information content (AvgIpc) is 2.37. The van der Waals surface area contributed by atoms with Crippen LogP contribution in [0.25, 0.3) is 0 Å². The Morgan fingerprint density at radius 1 is 1.26 bits per heavy atom. The molecule has 1 aromatic carbocycles. The minimum Gasteiger partial charge on any atom is -0.396 e. The number of benzene rings is 1. The van der Waals surface area contributed by atoms with E-state index in [9.17, 15) is 5.11 Å². The Morgan fingerprint density at radius 2 is 2.00 bits per heavy atom. The van der Waals surface area contributed by atoms with Crippen molar-refractivity contribution in [3.8, 4) is 0 Å². The molecular weight excluding hydrogens is 236 g/mol. The summed E-state index contributed by atoms with van der Waals surface area (Å²) in [5.74, 6) is 0. The van der Waals surface area contributed by atoms with Crippen molar-refractivity contribution in [2.75, 3.05) is 31.6 Å². The fraction of sp³-hybridized carbons (Fsp3) is 0.625. The molecule has 19 heavy (non-hydrogen) atoms. The zero-order valence-corrected chi connectivity index (χ0v) is 12.6. The van der Waals surface area contributed by atoms with Crippen LogP contribution in [0.15, 0.2) is 18.2 Å². The van der Waals surface area contributed by atoms with Crippen molar-refractivity contribution in [2.24, 2.45) is 0 Å². The van der Waals surface area contributed by atoms with Crippen LogP contribution in [0.4, 0.5) is 5.69 Å². The van der Waals surface area contributed by atoms with Crippen molar-refractivity contribution < 1.29 is 5.11 Å². The lowest BCUT2D eigenvalue weighted by molar-refractivity contribution is 0.154. The molecule has 1 heterocycles. The third-order valence-electron chi connectivity index (χ3n) is 4.46. The molecule has 2 unspecified atom stereocenters. The summed E-state index contributed by atoms with van der Waals surface area (Å²) < 4.78 is 0. The lowest BCUT2D eigenvalue weighted by Gasteiger charge is -2.45. The first-order valence-electron chi connectivity index (χ1n) is 7.18. The fourth-order valence-corrected chi connectivity index (χ4v) is 3.05. The van der Waals surface area contributed by atoms with E-state index in [4.69, 9.17) is 0 Å². The van der Waals surface area contributed by atoms with Crippen molar-refractivity contribution >= 4 is 5.69 Å². The number of nitrogens with zero attached hydrogens (tertiary/aromatic N) is 2. The van der Waals surface area contributed by atoms with Crippen molar-refractivity contribution in [1.82, 2.24) is 4.90 Å². The van der Waals surface area contributed by atoms with E-state index in [1.807, 2.05) is 0 Å². The van der Waals surface area contributed by atoms with Crippen LogP contribution in [-0.2, 0) is 0 Å². The molecule has 0 amide bonds. The standard InChI is InChI=1S/C16H26N2O/c1-12-6-5-7-16(14(12)3)18-11-15(8-9-19)17(4)10-13(18)2/h5-7,13,15,19H,8-11H2,1-4H3. The van der Waals surface area contributed by atoms with Gasteiger partial charge in [0.15, 0.2) is 0 Å². The molecule has 0 saturated carbocycles. The van der Waals surface area contributed by atoms with E-state index in [-0.39, 0.29) is 6.61 Å². The highest BCUT2D eigenvalue weighted by molar-refractivity contribution is 5.57. The quantitative estimate of drug-likeness (QED) is 0.904. The number of likely N-dealkylation sites (N-methyl/N-ethyl adjacent to an activating group) is 1. The number of rotatable bonds is 3. The number of aliphatic hydroxyl groups is 1. The summed E-state index contributed by atoms with van der Waals surface area (Å²) in [4.78, 5) is 4.88. The fourth-order valence-electron chi connectivity index (χ4n) is 3.05. The molecule has 3 nitrogen and oxygen atoms in total. The topological polar surface area (TPSA) is 26.7 Å². The number of aryl methyl sites for hydroxylation is 1. The Bertz CT molecular complexity index is 433. The average molecular weight is 262 g/mol. The molecule has 1 aliphatic rings. The first-order chi connectivity index (χ1) is 9.04. The van der Waals surface area contributed by atoms with Gasteiger partial charge in [0.1, 0.15) is 0 Å². The second-order valence-corrected chi connectivity index (χ2v) is 5.83. The molecule has 1 N–H and O–H groups in total. The van der Waals surface area contributed by atoms with E-state index in [1.54, 1.807) is 0 Å². The van der Waals surface area contributed by atoms with Gasteiger partial charge in [0.05, 0.1) is 0 Å². The maximum Gasteiger partial charge on any atom is 0.0446 e. The molecule has 0 bridgehead atoms. The van der Waals surface area contributed by atoms with Gasteiger partial charge in [0, 0.05) is 37.5 Å². The van der Waals surface area contributed by atoms with Gasteiger partial charge in [0.2, 0.25) is 0 Å². The third-order valence-corrected chi connectivity index (χ3v) is 4.46. The van der Waals surface area contributed by atoms with E-state index in [1.165, 1.54) is 16.8 Å². The van der Waals surface area contributed by atoms with Crippen molar-refractivity contribution in [2.45, 2.75) is 39.3 Å². The number of piperazine rings is 1. The van der Waals surface area contributed by atoms with Crippen LogP contribution in [0.3, 0.4) is 0 Å². The smallest absolute Gasteiger partial charge is 0.0446 e. The van der Waals surface area contributed by atoms with Crippen LogP contribution in [0.5, 0.6) is 0 Å². The molecular formula is C16H26N2O. The molecule has 1 fully saturated rings. The molecule has 0 radical (unpaired) electrons.